The summed E-state index contributed by atoms with van der Waals surface area (Å²) in [7, 11) is 1.22. The van der Waals surface area contributed by atoms with E-state index in [0.717, 1.165) is 0 Å². The van der Waals surface area contributed by atoms with Crippen molar-refractivity contribution in [1.82, 2.24) is 0 Å². The topological polar surface area (TPSA) is 98.9 Å². The third-order valence-electron chi connectivity index (χ3n) is 2.54. The van der Waals surface area contributed by atoms with Gasteiger partial charge in [0, 0.05) is 5.69 Å². The molecule has 1 aromatic carbocycles. The monoisotopic (exact) mass is 267 g/mol. The fourth-order valence-electron chi connectivity index (χ4n) is 1.62. The molecule has 104 valence electrons. The maximum atomic E-state index is 11.6. The molecule has 1 unspecified atom stereocenters. The molecule has 0 bridgehead atoms. The van der Waals surface area contributed by atoms with Crippen LogP contribution in [0.2, 0.25) is 0 Å². The van der Waals surface area contributed by atoms with Crippen molar-refractivity contribution in [1.29, 1.82) is 0 Å². The van der Waals surface area contributed by atoms with Crippen LogP contribution in [0.4, 0.5) is 5.69 Å². The maximum Gasteiger partial charge on any atom is 0.344 e. The van der Waals surface area contributed by atoms with Crippen molar-refractivity contribution >= 4 is 17.6 Å². The number of nitrogens with two attached hydrogens (primary N) is 1. The molecule has 0 saturated heterocycles. The summed E-state index contributed by atoms with van der Waals surface area (Å²) in [5, 5.41) is 9.05. The molecule has 0 heterocycles. The van der Waals surface area contributed by atoms with Gasteiger partial charge in [-0.2, -0.15) is 0 Å². The molecule has 0 fully saturated rings. The van der Waals surface area contributed by atoms with E-state index in [0.29, 0.717) is 12.8 Å². The number of rotatable bonds is 6. The van der Waals surface area contributed by atoms with Gasteiger partial charge in [-0.1, -0.05) is 19.4 Å². The van der Waals surface area contributed by atoms with Gasteiger partial charge in [-0.25, -0.2) is 9.59 Å². The van der Waals surface area contributed by atoms with Crippen LogP contribution in [0.25, 0.3) is 0 Å². The van der Waals surface area contributed by atoms with Crippen molar-refractivity contribution in [3.63, 3.8) is 0 Å². The Labute approximate surface area is 111 Å². The minimum atomic E-state index is -1.08. The van der Waals surface area contributed by atoms with Gasteiger partial charge in [-0.05, 0) is 18.6 Å². The molecular weight excluding hydrogens is 250 g/mol. The summed E-state index contributed by atoms with van der Waals surface area (Å²) in [5.74, 6) is -1.62. The number of anilines is 1. The molecule has 0 aliphatic carbocycles. The highest BCUT2D eigenvalue weighted by Gasteiger charge is 2.23. The van der Waals surface area contributed by atoms with Gasteiger partial charge in [0.15, 0.2) is 6.10 Å². The van der Waals surface area contributed by atoms with Gasteiger partial charge in [0.25, 0.3) is 0 Å². The van der Waals surface area contributed by atoms with Gasteiger partial charge in [-0.3, -0.25) is 0 Å². The minimum Gasteiger partial charge on any atom is -0.479 e. The summed E-state index contributed by atoms with van der Waals surface area (Å²) >= 11 is 0. The lowest BCUT2D eigenvalue weighted by atomic mass is 10.1. The highest BCUT2D eigenvalue weighted by Crippen LogP contribution is 2.26. The van der Waals surface area contributed by atoms with Crippen LogP contribution < -0.4 is 10.5 Å². The van der Waals surface area contributed by atoms with E-state index in [1.807, 2.05) is 6.92 Å². The lowest BCUT2D eigenvalue weighted by Gasteiger charge is -2.17. The van der Waals surface area contributed by atoms with Gasteiger partial charge in [0.1, 0.15) is 11.3 Å². The summed E-state index contributed by atoms with van der Waals surface area (Å²) in [5.41, 5.74) is 5.93. The number of carbonyl (C=O) groups excluding carboxylic acids is 1. The summed E-state index contributed by atoms with van der Waals surface area (Å²) in [4.78, 5) is 22.7. The quantitative estimate of drug-likeness (QED) is 0.601. The lowest BCUT2D eigenvalue weighted by molar-refractivity contribution is -0.145. The summed E-state index contributed by atoms with van der Waals surface area (Å²) in [6.07, 6.45) is -0.0346. The van der Waals surface area contributed by atoms with Crippen molar-refractivity contribution in [3.8, 4) is 5.75 Å². The van der Waals surface area contributed by atoms with Crippen LogP contribution in [0.3, 0.4) is 0 Å². The standard InChI is InChI=1S/C13H17NO5/c1-3-5-10(12(15)16)19-9-7-4-6-8(14)11(9)13(17)18-2/h4,6-7,10H,3,5,14H2,1-2H3,(H,15,16). The number of carboxylic acid groups (broad SMARTS) is 1. The molecule has 6 heteroatoms. The highest BCUT2D eigenvalue weighted by molar-refractivity contribution is 5.98. The van der Waals surface area contributed by atoms with Gasteiger partial charge in [0.05, 0.1) is 7.11 Å². The zero-order valence-electron chi connectivity index (χ0n) is 10.9. The van der Waals surface area contributed by atoms with Crippen molar-refractivity contribution in [3.05, 3.63) is 23.8 Å². The Bertz CT molecular complexity index is 472. The van der Waals surface area contributed by atoms with E-state index in [-0.39, 0.29) is 17.0 Å². The number of ether oxygens (including phenoxy) is 2. The van der Waals surface area contributed by atoms with Gasteiger partial charge < -0.3 is 20.3 Å². The number of aliphatic carboxylic acids is 1. The van der Waals surface area contributed by atoms with Gasteiger partial charge in [0.2, 0.25) is 0 Å². The molecule has 0 saturated carbocycles. The molecule has 6 nitrogen and oxygen atoms in total. The van der Waals surface area contributed by atoms with Crippen LogP contribution in [0, 0.1) is 0 Å². The van der Waals surface area contributed by atoms with E-state index >= 15 is 0 Å². The number of hydrogen-bond donors (Lipinski definition) is 2. The Morgan fingerprint density at radius 2 is 2.11 bits per heavy atom. The SMILES string of the molecule is CCCC(Oc1cccc(N)c1C(=O)OC)C(=O)O. The van der Waals surface area contributed by atoms with Gasteiger partial charge in [-0.15, -0.1) is 0 Å². The molecule has 0 aliphatic heterocycles. The Morgan fingerprint density at radius 1 is 1.42 bits per heavy atom. The Kier molecular flexibility index (Phi) is 5.17. The molecule has 1 aromatic rings. The maximum absolute atomic E-state index is 11.6. The smallest absolute Gasteiger partial charge is 0.344 e. The first-order valence-electron chi connectivity index (χ1n) is 5.87. The predicted molar refractivity (Wildman–Crippen MR) is 69.2 cm³/mol. The third-order valence-corrected chi connectivity index (χ3v) is 2.54. The van der Waals surface area contributed by atoms with E-state index < -0.39 is 18.0 Å². The molecule has 19 heavy (non-hydrogen) atoms. The zero-order valence-corrected chi connectivity index (χ0v) is 10.9. The van der Waals surface area contributed by atoms with E-state index in [1.54, 1.807) is 6.07 Å². The molecule has 3 N–H and O–H groups in total. The van der Waals surface area contributed by atoms with Crippen LogP contribution in [0.5, 0.6) is 5.75 Å². The first kappa shape index (κ1) is 14.8. The van der Waals surface area contributed by atoms with Crippen molar-refractivity contribution in [2.45, 2.75) is 25.9 Å². The van der Waals surface area contributed by atoms with Crippen LogP contribution in [-0.4, -0.2) is 30.3 Å². The number of carbonyl (C=O) groups is 2. The number of esters is 1. The summed E-state index contributed by atoms with van der Waals surface area (Å²) < 4.78 is 9.98. The fourth-order valence-corrected chi connectivity index (χ4v) is 1.62. The van der Waals surface area contributed by atoms with Crippen LogP contribution in [-0.2, 0) is 9.53 Å². The Hall–Kier alpha value is -2.24. The molecular formula is C13H17NO5. The normalized spacial score (nSPS) is 11.7. The van der Waals surface area contributed by atoms with E-state index in [9.17, 15) is 9.59 Å². The fraction of sp³-hybridized carbons (Fsp3) is 0.385. The van der Waals surface area contributed by atoms with Crippen molar-refractivity contribution in [2.24, 2.45) is 0 Å². The van der Waals surface area contributed by atoms with E-state index in [1.165, 1.54) is 19.2 Å². The first-order valence-corrected chi connectivity index (χ1v) is 5.87. The van der Waals surface area contributed by atoms with Gasteiger partial charge >= 0.3 is 11.9 Å². The largest absolute Gasteiger partial charge is 0.479 e. The summed E-state index contributed by atoms with van der Waals surface area (Å²) in [6.45, 7) is 1.85. The zero-order chi connectivity index (χ0) is 14.4. The molecule has 0 aliphatic rings. The molecule has 0 amide bonds. The van der Waals surface area contributed by atoms with Crippen LogP contribution >= 0.6 is 0 Å². The average Bonchev–Trinajstić information content (AvgIpc) is 2.37. The lowest BCUT2D eigenvalue weighted by Crippen LogP contribution is -2.27. The second-order valence-electron chi connectivity index (χ2n) is 3.95. The molecule has 0 spiro atoms. The van der Waals surface area contributed by atoms with Crippen molar-refractivity contribution < 1.29 is 24.2 Å². The molecule has 0 radical (unpaired) electrons. The van der Waals surface area contributed by atoms with E-state index in [2.05, 4.69) is 4.74 Å². The molecule has 0 aromatic heterocycles. The number of benzene rings is 1. The Morgan fingerprint density at radius 3 is 2.63 bits per heavy atom. The van der Waals surface area contributed by atoms with Crippen LogP contribution in [0.15, 0.2) is 18.2 Å². The van der Waals surface area contributed by atoms with Crippen molar-refractivity contribution in [2.75, 3.05) is 12.8 Å². The first-order chi connectivity index (χ1) is 9.01. The average molecular weight is 267 g/mol. The number of hydrogen-bond acceptors (Lipinski definition) is 5. The number of nitrogen functional groups attached to an aromatic ring is 1. The summed E-state index contributed by atoms with van der Waals surface area (Å²) in [6, 6.07) is 4.60. The number of carboxylic acids is 1. The second-order valence-corrected chi connectivity index (χ2v) is 3.95. The minimum absolute atomic E-state index is 0.0485. The highest BCUT2D eigenvalue weighted by atomic mass is 16.5. The van der Waals surface area contributed by atoms with E-state index in [4.69, 9.17) is 15.6 Å². The van der Waals surface area contributed by atoms with Crippen LogP contribution in [0.1, 0.15) is 30.1 Å². The third kappa shape index (κ3) is 3.61. The predicted octanol–water partition coefficient (Wildman–Crippen LogP) is 1.69. The molecule has 1 atom stereocenters. The number of methoxy groups -OCH3 is 1. The molecule has 1 rings (SSSR count). The Balaban J connectivity index is 3.09. The second kappa shape index (κ2) is 6.63.